The van der Waals surface area contributed by atoms with Gasteiger partial charge in [0, 0.05) is 13.8 Å². The second-order valence-electron chi connectivity index (χ2n) is 5.40. The summed E-state index contributed by atoms with van der Waals surface area (Å²) in [6.45, 7) is 2.65. The molecule has 0 saturated heterocycles. The highest BCUT2D eigenvalue weighted by atomic mass is 16.5. The molecule has 0 aliphatic carbocycles. The topological polar surface area (TPSA) is 69.7 Å². The molecule has 0 unspecified atom stereocenters. The van der Waals surface area contributed by atoms with Crippen molar-refractivity contribution in [2.45, 2.75) is 13.8 Å². The first kappa shape index (κ1) is 18.9. The summed E-state index contributed by atoms with van der Waals surface area (Å²) in [5.41, 5.74) is 1.48. The molecule has 5 nitrogen and oxygen atoms in total. The molecule has 0 atom stereocenters. The van der Waals surface area contributed by atoms with Crippen LogP contribution in [-0.2, 0) is 14.4 Å². The Hall–Kier alpha value is -3.47. The average Bonchev–Trinajstić information content (AvgIpc) is 2.58. The Bertz CT molecular complexity index is 806. The third-order valence-corrected chi connectivity index (χ3v) is 3.12. The fraction of sp³-hybridized carbons (Fsp3) is 0.0952. The molecular weight excluding hydrogens is 332 g/mol. The number of esters is 2. The third-order valence-electron chi connectivity index (χ3n) is 3.12. The molecule has 2 aromatic carbocycles. The maximum atomic E-state index is 12.0. The monoisotopic (exact) mass is 350 g/mol. The second kappa shape index (κ2) is 9.13. The summed E-state index contributed by atoms with van der Waals surface area (Å²) in [6, 6.07) is 13.7. The number of carbonyl (C=O) groups is 3. The predicted octanol–water partition coefficient (Wildman–Crippen LogP) is 3.83. The molecular formula is C21H18O5. The van der Waals surface area contributed by atoms with Gasteiger partial charge in [0.15, 0.2) is 5.78 Å². The van der Waals surface area contributed by atoms with Crippen LogP contribution in [0, 0.1) is 0 Å². The zero-order valence-electron chi connectivity index (χ0n) is 14.5. The van der Waals surface area contributed by atoms with Crippen LogP contribution in [0.2, 0.25) is 0 Å². The molecule has 0 fully saturated rings. The minimum absolute atomic E-state index is 0.208. The number of carbonyl (C=O) groups excluding carboxylic acids is 3. The molecule has 0 spiro atoms. The van der Waals surface area contributed by atoms with Gasteiger partial charge in [0.2, 0.25) is 0 Å². The molecule has 0 saturated carbocycles. The molecule has 0 aliphatic rings. The van der Waals surface area contributed by atoms with Gasteiger partial charge in [-0.1, -0.05) is 36.4 Å². The Morgan fingerprint density at radius 1 is 0.731 bits per heavy atom. The number of ketones is 1. The van der Waals surface area contributed by atoms with Gasteiger partial charge in [-0.2, -0.15) is 0 Å². The van der Waals surface area contributed by atoms with Crippen LogP contribution in [0.1, 0.15) is 25.0 Å². The Morgan fingerprint density at radius 3 is 1.54 bits per heavy atom. The van der Waals surface area contributed by atoms with E-state index in [9.17, 15) is 14.4 Å². The fourth-order valence-corrected chi connectivity index (χ4v) is 2.11. The summed E-state index contributed by atoms with van der Waals surface area (Å²) in [7, 11) is 0. The van der Waals surface area contributed by atoms with Crippen LogP contribution in [0.4, 0.5) is 0 Å². The van der Waals surface area contributed by atoms with E-state index in [0.29, 0.717) is 11.5 Å². The summed E-state index contributed by atoms with van der Waals surface area (Å²) < 4.78 is 10.00. The van der Waals surface area contributed by atoms with Crippen LogP contribution >= 0.6 is 0 Å². The van der Waals surface area contributed by atoms with E-state index in [0.717, 1.165) is 11.1 Å². The Labute approximate surface area is 151 Å². The zero-order valence-corrected chi connectivity index (χ0v) is 14.5. The molecule has 5 heteroatoms. The summed E-state index contributed by atoms with van der Waals surface area (Å²) in [4.78, 5) is 33.9. The van der Waals surface area contributed by atoms with Crippen LogP contribution in [-0.4, -0.2) is 17.7 Å². The van der Waals surface area contributed by atoms with Crippen molar-refractivity contribution in [3.63, 3.8) is 0 Å². The highest BCUT2D eigenvalue weighted by Crippen LogP contribution is 2.16. The van der Waals surface area contributed by atoms with Gasteiger partial charge < -0.3 is 9.47 Å². The number of ether oxygens (including phenoxy) is 2. The summed E-state index contributed by atoms with van der Waals surface area (Å²) >= 11 is 0. The predicted molar refractivity (Wildman–Crippen MR) is 98.6 cm³/mol. The van der Waals surface area contributed by atoms with Gasteiger partial charge >= 0.3 is 11.9 Å². The highest BCUT2D eigenvalue weighted by Gasteiger charge is 2.00. The zero-order chi connectivity index (χ0) is 18.9. The molecule has 2 aromatic rings. The molecule has 0 heterocycles. The summed E-state index contributed by atoms with van der Waals surface area (Å²) in [5, 5.41) is 0. The van der Waals surface area contributed by atoms with E-state index < -0.39 is 11.9 Å². The first-order valence-electron chi connectivity index (χ1n) is 7.89. The van der Waals surface area contributed by atoms with Crippen molar-refractivity contribution in [2.75, 3.05) is 0 Å². The molecule has 0 radical (unpaired) electrons. The van der Waals surface area contributed by atoms with Crippen molar-refractivity contribution in [1.29, 1.82) is 0 Å². The first-order chi connectivity index (χ1) is 12.4. The molecule has 0 aliphatic heterocycles. The van der Waals surface area contributed by atoms with E-state index in [1.807, 2.05) is 0 Å². The minimum atomic E-state index is -0.402. The maximum Gasteiger partial charge on any atom is 0.308 e. The molecule has 0 N–H and O–H groups in total. The quantitative estimate of drug-likeness (QED) is 0.450. The number of rotatable bonds is 6. The van der Waals surface area contributed by atoms with Crippen molar-refractivity contribution in [3.8, 4) is 11.5 Å². The van der Waals surface area contributed by atoms with Crippen molar-refractivity contribution in [3.05, 3.63) is 71.8 Å². The van der Waals surface area contributed by atoms with Crippen LogP contribution in [0.5, 0.6) is 11.5 Å². The Balaban J connectivity index is 2.02. The van der Waals surface area contributed by atoms with E-state index >= 15 is 0 Å². The fourth-order valence-electron chi connectivity index (χ4n) is 2.11. The molecule has 26 heavy (non-hydrogen) atoms. The standard InChI is InChI=1S/C21H18O5/c1-15(22)25-20-7-3-5-17(13-20)9-11-19(24)12-10-18-6-4-8-21(14-18)26-16(2)23/h3-14H,1-2H3/b11-9+,12-10+. The number of allylic oxidation sites excluding steroid dienone is 2. The smallest absolute Gasteiger partial charge is 0.308 e. The van der Waals surface area contributed by atoms with Gasteiger partial charge in [0.05, 0.1) is 0 Å². The third kappa shape index (κ3) is 6.57. The molecule has 0 aromatic heterocycles. The Morgan fingerprint density at radius 2 is 1.15 bits per heavy atom. The minimum Gasteiger partial charge on any atom is -0.427 e. The van der Waals surface area contributed by atoms with Crippen LogP contribution in [0.15, 0.2) is 60.7 Å². The number of hydrogen-bond donors (Lipinski definition) is 0. The second-order valence-corrected chi connectivity index (χ2v) is 5.40. The van der Waals surface area contributed by atoms with Crippen molar-refractivity contribution < 1.29 is 23.9 Å². The molecule has 2 rings (SSSR count). The highest BCUT2D eigenvalue weighted by molar-refractivity contribution is 6.04. The van der Waals surface area contributed by atoms with E-state index in [2.05, 4.69) is 0 Å². The van der Waals surface area contributed by atoms with Gasteiger partial charge in [-0.05, 0) is 47.5 Å². The van der Waals surface area contributed by atoms with E-state index in [4.69, 9.17) is 9.47 Å². The van der Waals surface area contributed by atoms with Crippen molar-refractivity contribution in [2.24, 2.45) is 0 Å². The van der Waals surface area contributed by atoms with Gasteiger partial charge in [-0.15, -0.1) is 0 Å². The van der Waals surface area contributed by atoms with Crippen molar-refractivity contribution >= 4 is 29.9 Å². The summed E-state index contributed by atoms with van der Waals surface area (Å²) in [6.07, 6.45) is 6.10. The lowest BCUT2D eigenvalue weighted by Gasteiger charge is -2.01. The van der Waals surface area contributed by atoms with E-state index in [-0.39, 0.29) is 5.78 Å². The molecule has 0 bridgehead atoms. The lowest BCUT2D eigenvalue weighted by Crippen LogP contribution is -2.01. The van der Waals surface area contributed by atoms with Crippen LogP contribution < -0.4 is 9.47 Å². The first-order valence-corrected chi connectivity index (χ1v) is 7.89. The van der Waals surface area contributed by atoms with Gasteiger partial charge in [0.25, 0.3) is 0 Å². The van der Waals surface area contributed by atoms with Gasteiger partial charge in [-0.3, -0.25) is 14.4 Å². The van der Waals surface area contributed by atoms with E-state index in [1.54, 1.807) is 60.7 Å². The SMILES string of the molecule is CC(=O)Oc1cccc(/C=C/C(=O)/C=C/c2cccc(OC(C)=O)c2)c1. The largest absolute Gasteiger partial charge is 0.427 e. The number of hydrogen-bond acceptors (Lipinski definition) is 5. The van der Waals surface area contributed by atoms with Gasteiger partial charge in [-0.25, -0.2) is 0 Å². The Kier molecular flexibility index (Phi) is 6.62. The van der Waals surface area contributed by atoms with Crippen LogP contribution in [0.25, 0.3) is 12.2 Å². The maximum absolute atomic E-state index is 12.0. The van der Waals surface area contributed by atoms with Crippen molar-refractivity contribution in [1.82, 2.24) is 0 Å². The van der Waals surface area contributed by atoms with Crippen LogP contribution in [0.3, 0.4) is 0 Å². The molecule has 0 amide bonds. The molecule has 132 valence electrons. The summed E-state index contributed by atoms with van der Waals surface area (Å²) in [5.74, 6) is -0.169. The lowest BCUT2D eigenvalue weighted by atomic mass is 10.1. The lowest BCUT2D eigenvalue weighted by molar-refractivity contribution is -0.132. The normalized spacial score (nSPS) is 10.8. The van der Waals surface area contributed by atoms with Gasteiger partial charge in [0.1, 0.15) is 11.5 Å². The average molecular weight is 350 g/mol. The number of benzene rings is 2. The van der Waals surface area contributed by atoms with E-state index in [1.165, 1.54) is 26.0 Å².